The van der Waals surface area contributed by atoms with Crippen molar-refractivity contribution < 1.29 is 9.53 Å². The summed E-state index contributed by atoms with van der Waals surface area (Å²) in [5.74, 6) is 1.09. The largest absolute Gasteiger partial charge is 0.378 e. The zero-order chi connectivity index (χ0) is 19.7. The number of hydrogen-bond acceptors (Lipinski definition) is 5. The SMILES string of the molecule is O=C(c1ccc(N2CCC3(CC2)CCN(C2CCC2)CC3)nc1)N1CCOCC1. The van der Waals surface area contributed by atoms with Crippen molar-refractivity contribution in [2.45, 2.75) is 51.0 Å². The van der Waals surface area contributed by atoms with E-state index in [1.807, 2.05) is 17.0 Å². The molecule has 158 valence electrons. The predicted molar refractivity (Wildman–Crippen MR) is 113 cm³/mol. The van der Waals surface area contributed by atoms with E-state index in [1.165, 1.54) is 58.0 Å². The van der Waals surface area contributed by atoms with E-state index in [1.54, 1.807) is 6.20 Å². The third kappa shape index (κ3) is 4.02. The lowest BCUT2D eigenvalue weighted by molar-refractivity contribution is 0.0302. The molecule has 4 fully saturated rings. The molecule has 6 nitrogen and oxygen atoms in total. The van der Waals surface area contributed by atoms with Crippen LogP contribution in [-0.4, -0.2) is 79.2 Å². The van der Waals surface area contributed by atoms with Crippen LogP contribution in [0.25, 0.3) is 0 Å². The number of pyridine rings is 1. The lowest BCUT2D eigenvalue weighted by Gasteiger charge is -2.50. The average molecular weight is 399 g/mol. The lowest BCUT2D eigenvalue weighted by Crippen LogP contribution is -2.51. The number of likely N-dealkylation sites (tertiary alicyclic amines) is 1. The summed E-state index contributed by atoms with van der Waals surface area (Å²) in [6, 6.07) is 4.88. The molecule has 1 aromatic rings. The number of amides is 1. The number of hydrogen-bond donors (Lipinski definition) is 0. The number of nitrogens with zero attached hydrogens (tertiary/aromatic N) is 4. The smallest absolute Gasteiger partial charge is 0.255 e. The zero-order valence-electron chi connectivity index (χ0n) is 17.5. The quantitative estimate of drug-likeness (QED) is 0.784. The molecule has 0 aromatic carbocycles. The van der Waals surface area contributed by atoms with Gasteiger partial charge in [0.15, 0.2) is 0 Å². The second-order valence-electron chi connectivity index (χ2n) is 9.42. The molecular formula is C23H34N4O2. The first kappa shape index (κ1) is 19.3. The molecule has 1 spiro atoms. The molecule has 0 bridgehead atoms. The molecule has 29 heavy (non-hydrogen) atoms. The van der Waals surface area contributed by atoms with Gasteiger partial charge in [0.05, 0.1) is 18.8 Å². The van der Waals surface area contributed by atoms with Gasteiger partial charge in [-0.15, -0.1) is 0 Å². The second-order valence-corrected chi connectivity index (χ2v) is 9.42. The van der Waals surface area contributed by atoms with Crippen LogP contribution >= 0.6 is 0 Å². The fraction of sp³-hybridized carbons (Fsp3) is 0.739. The first-order valence-electron chi connectivity index (χ1n) is 11.5. The van der Waals surface area contributed by atoms with Gasteiger partial charge in [0, 0.05) is 38.4 Å². The van der Waals surface area contributed by atoms with Gasteiger partial charge >= 0.3 is 0 Å². The van der Waals surface area contributed by atoms with Crippen LogP contribution in [0.5, 0.6) is 0 Å². The van der Waals surface area contributed by atoms with Crippen molar-refractivity contribution in [3.05, 3.63) is 23.9 Å². The van der Waals surface area contributed by atoms with Gasteiger partial charge in [0.1, 0.15) is 5.82 Å². The molecule has 4 aliphatic rings. The van der Waals surface area contributed by atoms with Gasteiger partial charge in [0.25, 0.3) is 5.91 Å². The molecule has 0 radical (unpaired) electrons. The van der Waals surface area contributed by atoms with E-state index in [9.17, 15) is 4.79 Å². The zero-order valence-corrected chi connectivity index (χ0v) is 17.5. The van der Waals surface area contributed by atoms with Crippen molar-refractivity contribution in [3.63, 3.8) is 0 Å². The van der Waals surface area contributed by atoms with Gasteiger partial charge in [-0.2, -0.15) is 0 Å². The number of morpholine rings is 1. The molecule has 4 heterocycles. The minimum atomic E-state index is 0.0724. The summed E-state index contributed by atoms with van der Waals surface area (Å²) >= 11 is 0. The highest BCUT2D eigenvalue weighted by molar-refractivity contribution is 5.94. The van der Waals surface area contributed by atoms with Crippen LogP contribution in [0.4, 0.5) is 5.82 Å². The van der Waals surface area contributed by atoms with Gasteiger partial charge in [-0.1, -0.05) is 6.42 Å². The van der Waals surface area contributed by atoms with Crippen molar-refractivity contribution in [1.82, 2.24) is 14.8 Å². The molecule has 6 heteroatoms. The van der Waals surface area contributed by atoms with Gasteiger partial charge < -0.3 is 19.4 Å². The van der Waals surface area contributed by atoms with E-state index in [4.69, 9.17) is 4.74 Å². The molecule has 0 atom stereocenters. The van der Waals surface area contributed by atoms with Crippen molar-refractivity contribution in [2.24, 2.45) is 5.41 Å². The fourth-order valence-corrected chi connectivity index (χ4v) is 5.47. The summed E-state index contributed by atoms with van der Waals surface area (Å²) < 4.78 is 5.34. The van der Waals surface area contributed by atoms with E-state index in [2.05, 4.69) is 14.8 Å². The molecule has 1 aliphatic carbocycles. The summed E-state index contributed by atoms with van der Waals surface area (Å²) in [7, 11) is 0. The summed E-state index contributed by atoms with van der Waals surface area (Å²) in [6.45, 7) is 7.40. The first-order valence-corrected chi connectivity index (χ1v) is 11.5. The number of aromatic nitrogens is 1. The Balaban J connectivity index is 1.14. The Morgan fingerprint density at radius 3 is 2.24 bits per heavy atom. The normalized spacial score (nSPS) is 25.8. The number of rotatable bonds is 3. The second kappa shape index (κ2) is 8.23. The summed E-state index contributed by atoms with van der Waals surface area (Å²) in [6.07, 6.45) is 11.4. The van der Waals surface area contributed by atoms with Gasteiger partial charge in [-0.05, 0) is 69.2 Å². The molecule has 1 saturated carbocycles. The minimum absolute atomic E-state index is 0.0724. The Hall–Kier alpha value is -1.66. The van der Waals surface area contributed by atoms with Crippen LogP contribution < -0.4 is 4.90 Å². The molecular weight excluding hydrogens is 364 g/mol. The van der Waals surface area contributed by atoms with Crippen LogP contribution in [-0.2, 0) is 4.74 Å². The highest BCUT2D eigenvalue weighted by Crippen LogP contribution is 2.43. The highest BCUT2D eigenvalue weighted by atomic mass is 16.5. The van der Waals surface area contributed by atoms with E-state index in [0.29, 0.717) is 37.3 Å². The van der Waals surface area contributed by atoms with Crippen molar-refractivity contribution in [2.75, 3.05) is 57.4 Å². The van der Waals surface area contributed by atoms with Crippen molar-refractivity contribution in [3.8, 4) is 0 Å². The van der Waals surface area contributed by atoms with Crippen LogP contribution in [0.2, 0.25) is 0 Å². The van der Waals surface area contributed by atoms with Crippen LogP contribution in [0.3, 0.4) is 0 Å². The van der Waals surface area contributed by atoms with E-state index >= 15 is 0 Å². The molecule has 0 unspecified atom stereocenters. The van der Waals surface area contributed by atoms with Crippen LogP contribution in [0.1, 0.15) is 55.3 Å². The van der Waals surface area contributed by atoms with Crippen LogP contribution in [0.15, 0.2) is 18.3 Å². The number of carbonyl (C=O) groups is 1. The van der Waals surface area contributed by atoms with E-state index in [-0.39, 0.29) is 5.91 Å². The Labute approximate surface area is 174 Å². The summed E-state index contributed by atoms with van der Waals surface area (Å²) in [4.78, 5) is 24.3. The molecule has 3 saturated heterocycles. The van der Waals surface area contributed by atoms with Gasteiger partial charge in [-0.25, -0.2) is 4.98 Å². The Morgan fingerprint density at radius 2 is 1.66 bits per heavy atom. The van der Waals surface area contributed by atoms with E-state index in [0.717, 1.165) is 24.9 Å². The first-order chi connectivity index (χ1) is 14.2. The minimum Gasteiger partial charge on any atom is -0.378 e. The van der Waals surface area contributed by atoms with Crippen molar-refractivity contribution in [1.29, 1.82) is 0 Å². The monoisotopic (exact) mass is 398 g/mol. The lowest BCUT2D eigenvalue weighted by atomic mass is 9.70. The molecule has 3 aliphatic heterocycles. The van der Waals surface area contributed by atoms with Gasteiger partial charge in [-0.3, -0.25) is 4.79 Å². The highest BCUT2D eigenvalue weighted by Gasteiger charge is 2.39. The summed E-state index contributed by atoms with van der Waals surface area (Å²) in [5, 5.41) is 0. The number of anilines is 1. The Bertz CT molecular complexity index is 694. The predicted octanol–water partition coefficient (Wildman–Crippen LogP) is 2.79. The third-order valence-corrected chi connectivity index (χ3v) is 7.89. The maximum absolute atomic E-state index is 12.6. The third-order valence-electron chi connectivity index (χ3n) is 7.89. The molecule has 1 amide bonds. The van der Waals surface area contributed by atoms with Crippen LogP contribution in [0, 0.1) is 5.41 Å². The van der Waals surface area contributed by atoms with E-state index < -0.39 is 0 Å². The Kier molecular flexibility index (Phi) is 5.48. The van der Waals surface area contributed by atoms with Gasteiger partial charge in [0.2, 0.25) is 0 Å². The molecule has 0 N–H and O–H groups in total. The maximum atomic E-state index is 12.6. The average Bonchev–Trinajstić information content (AvgIpc) is 2.75. The number of ether oxygens (including phenoxy) is 1. The fourth-order valence-electron chi connectivity index (χ4n) is 5.47. The number of carbonyl (C=O) groups excluding carboxylic acids is 1. The standard InChI is InChI=1S/C23H34N4O2/c28-22(27-14-16-29-17-15-27)19-4-5-21(24-18-19)26-12-8-23(9-13-26)6-10-25(11-7-23)20-2-1-3-20/h4-5,18,20H,1-3,6-17H2. The molecule has 1 aromatic heterocycles. The Morgan fingerprint density at radius 1 is 0.966 bits per heavy atom. The summed E-state index contributed by atoms with van der Waals surface area (Å²) in [5.41, 5.74) is 1.25. The topological polar surface area (TPSA) is 48.9 Å². The number of piperidine rings is 2. The maximum Gasteiger partial charge on any atom is 0.255 e. The molecule has 5 rings (SSSR count). The van der Waals surface area contributed by atoms with Crippen molar-refractivity contribution >= 4 is 11.7 Å².